The third-order valence-corrected chi connectivity index (χ3v) is 4.34. The van der Waals surface area contributed by atoms with Gasteiger partial charge < -0.3 is 9.88 Å². The minimum absolute atomic E-state index is 0.152. The van der Waals surface area contributed by atoms with Crippen molar-refractivity contribution < 1.29 is 4.79 Å². The molecule has 0 saturated heterocycles. The van der Waals surface area contributed by atoms with Gasteiger partial charge in [-0.05, 0) is 60.7 Å². The fraction of sp³-hybridized carbons (Fsp3) is 0.211. The molecule has 4 rings (SSSR count). The Bertz CT molecular complexity index is 1070. The highest BCUT2D eigenvalue weighted by Crippen LogP contribution is 2.20. The Hall–Kier alpha value is -3.55. The molecule has 0 unspecified atom stereocenters. The number of carbonyl (C=O) groups excluding carboxylic acids is 1. The van der Waals surface area contributed by atoms with Crippen molar-refractivity contribution >= 4 is 16.9 Å². The maximum atomic E-state index is 12.5. The number of tetrazole rings is 1. The summed E-state index contributed by atoms with van der Waals surface area (Å²) in [5.41, 5.74) is 3.36. The molecule has 0 radical (unpaired) electrons. The summed E-state index contributed by atoms with van der Waals surface area (Å²) < 4.78 is 3.68. The minimum Gasteiger partial charge on any atom is -0.345 e. The van der Waals surface area contributed by atoms with E-state index in [0.29, 0.717) is 12.1 Å². The lowest BCUT2D eigenvalue weighted by molar-refractivity contribution is 0.0949. The second-order valence-corrected chi connectivity index (χ2v) is 6.46. The number of carbonyl (C=O) groups is 1. The predicted octanol–water partition coefficient (Wildman–Crippen LogP) is 2.52. The van der Waals surface area contributed by atoms with Crippen LogP contribution >= 0.6 is 0 Å². The molecule has 8 heteroatoms. The van der Waals surface area contributed by atoms with Gasteiger partial charge in [0.25, 0.3) is 5.91 Å². The molecule has 2 aromatic heterocycles. The number of nitrogens with zero attached hydrogens (tertiary/aromatic N) is 6. The van der Waals surface area contributed by atoms with Crippen LogP contribution in [0.4, 0.5) is 0 Å². The number of nitrogens with one attached hydrogen (secondary N) is 1. The third-order valence-electron chi connectivity index (χ3n) is 4.34. The van der Waals surface area contributed by atoms with Gasteiger partial charge in [-0.15, -0.1) is 5.10 Å². The molecular formula is C19H19N7O. The van der Waals surface area contributed by atoms with Gasteiger partial charge in [0.15, 0.2) is 0 Å². The Morgan fingerprint density at radius 1 is 1.11 bits per heavy atom. The van der Waals surface area contributed by atoms with E-state index >= 15 is 0 Å². The van der Waals surface area contributed by atoms with E-state index in [-0.39, 0.29) is 11.9 Å². The zero-order chi connectivity index (χ0) is 18.8. The number of para-hydroxylation sites is 2. The van der Waals surface area contributed by atoms with Crippen LogP contribution in [0, 0.1) is 0 Å². The van der Waals surface area contributed by atoms with Crippen molar-refractivity contribution in [2.75, 3.05) is 0 Å². The first-order valence-electron chi connectivity index (χ1n) is 8.71. The quantitative estimate of drug-likeness (QED) is 0.590. The fourth-order valence-electron chi connectivity index (χ4n) is 3.10. The van der Waals surface area contributed by atoms with Crippen LogP contribution < -0.4 is 5.32 Å². The number of imidazole rings is 1. The SMILES string of the molecule is CC(C)n1c(CNC(=O)c2ccc(-n3cnnn3)cc2)nc2ccccc21. The molecule has 0 spiro atoms. The van der Waals surface area contributed by atoms with Crippen molar-refractivity contribution in [2.45, 2.75) is 26.4 Å². The van der Waals surface area contributed by atoms with Crippen LogP contribution in [-0.4, -0.2) is 35.7 Å². The van der Waals surface area contributed by atoms with E-state index in [1.165, 1.54) is 11.0 Å². The minimum atomic E-state index is -0.152. The van der Waals surface area contributed by atoms with Gasteiger partial charge in [0, 0.05) is 11.6 Å². The molecule has 0 bridgehead atoms. The summed E-state index contributed by atoms with van der Waals surface area (Å²) in [7, 11) is 0. The average Bonchev–Trinajstić information content (AvgIpc) is 3.33. The molecule has 0 fully saturated rings. The molecule has 8 nitrogen and oxygen atoms in total. The highest BCUT2D eigenvalue weighted by molar-refractivity contribution is 5.94. The lowest BCUT2D eigenvalue weighted by Gasteiger charge is -2.13. The zero-order valence-electron chi connectivity index (χ0n) is 15.1. The van der Waals surface area contributed by atoms with Crippen molar-refractivity contribution in [3.05, 3.63) is 66.2 Å². The summed E-state index contributed by atoms with van der Waals surface area (Å²) in [5, 5.41) is 14.0. The van der Waals surface area contributed by atoms with E-state index < -0.39 is 0 Å². The Balaban J connectivity index is 1.51. The monoisotopic (exact) mass is 361 g/mol. The van der Waals surface area contributed by atoms with E-state index in [0.717, 1.165) is 22.5 Å². The highest BCUT2D eigenvalue weighted by atomic mass is 16.1. The third kappa shape index (κ3) is 3.29. The molecular weight excluding hydrogens is 342 g/mol. The van der Waals surface area contributed by atoms with Gasteiger partial charge in [-0.2, -0.15) is 0 Å². The lowest BCUT2D eigenvalue weighted by Crippen LogP contribution is -2.25. The smallest absolute Gasteiger partial charge is 0.251 e. The van der Waals surface area contributed by atoms with Gasteiger partial charge in [-0.25, -0.2) is 9.67 Å². The van der Waals surface area contributed by atoms with Crippen LogP contribution in [-0.2, 0) is 6.54 Å². The summed E-state index contributed by atoms with van der Waals surface area (Å²) >= 11 is 0. The topological polar surface area (TPSA) is 90.5 Å². The van der Waals surface area contributed by atoms with Gasteiger partial charge in [0.05, 0.1) is 23.3 Å². The van der Waals surface area contributed by atoms with E-state index in [1.54, 1.807) is 24.3 Å². The van der Waals surface area contributed by atoms with Crippen molar-refractivity contribution in [3.8, 4) is 5.69 Å². The van der Waals surface area contributed by atoms with Crippen molar-refractivity contribution in [2.24, 2.45) is 0 Å². The maximum absolute atomic E-state index is 12.5. The molecule has 2 aromatic carbocycles. The first kappa shape index (κ1) is 16.9. The molecule has 0 aliphatic carbocycles. The largest absolute Gasteiger partial charge is 0.345 e. The normalized spacial score (nSPS) is 11.2. The predicted molar refractivity (Wildman–Crippen MR) is 100 cm³/mol. The van der Waals surface area contributed by atoms with Crippen LogP contribution in [0.15, 0.2) is 54.9 Å². The van der Waals surface area contributed by atoms with E-state index in [9.17, 15) is 4.79 Å². The zero-order valence-corrected chi connectivity index (χ0v) is 15.1. The van der Waals surface area contributed by atoms with Crippen LogP contribution in [0.1, 0.15) is 36.1 Å². The fourth-order valence-corrected chi connectivity index (χ4v) is 3.10. The van der Waals surface area contributed by atoms with E-state index in [1.807, 2.05) is 24.3 Å². The van der Waals surface area contributed by atoms with E-state index in [4.69, 9.17) is 0 Å². The van der Waals surface area contributed by atoms with Crippen LogP contribution in [0.5, 0.6) is 0 Å². The Morgan fingerprint density at radius 3 is 2.59 bits per heavy atom. The molecule has 27 heavy (non-hydrogen) atoms. The van der Waals surface area contributed by atoms with Crippen LogP contribution in [0.3, 0.4) is 0 Å². The summed E-state index contributed by atoms with van der Waals surface area (Å²) in [6.45, 7) is 4.58. The highest BCUT2D eigenvalue weighted by Gasteiger charge is 2.14. The van der Waals surface area contributed by atoms with Crippen LogP contribution in [0.2, 0.25) is 0 Å². The maximum Gasteiger partial charge on any atom is 0.251 e. The Kier molecular flexibility index (Phi) is 4.37. The second kappa shape index (κ2) is 6.99. The number of benzene rings is 2. The average molecular weight is 361 g/mol. The van der Waals surface area contributed by atoms with Crippen LogP contribution in [0.25, 0.3) is 16.7 Å². The molecule has 0 aliphatic rings. The number of hydrogen-bond donors (Lipinski definition) is 1. The molecule has 4 aromatic rings. The van der Waals surface area contributed by atoms with Crippen molar-refractivity contribution in [1.29, 1.82) is 0 Å². The molecule has 2 heterocycles. The van der Waals surface area contributed by atoms with Gasteiger partial charge in [0.2, 0.25) is 0 Å². The molecule has 0 atom stereocenters. The Morgan fingerprint density at radius 2 is 1.89 bits per heavy atom. The van der Waals surface area contributed by atoms with Crippen molar-refractivity contribution in [3.63, 3.8) is 0 Å². The number of aromatic nitrogens is 6. The molecule has 0 saturated carbocycles. The van der Waals surface area contributed by atoms with Gasteiger partial charge in [0.1, 0.15) is 12.2 Å². The first-order chi connectivity index (χ1) is 13.1. The van der Waals surface area contributed by atoms with Crippen molar-refractivity contribution in [1.82, 2.24) is 35.1 Å². The second-order valence-electron chi connectivity index (χ2n) is 6.46. The summed E-state index contributed by atoms with van der Waals surface area (Å²) in [6, 6.07) is 15.3. The van der Waals surface area contributed by atoms with Gasteiger partial charge in [-0.3, -0.25) is 4.79 Å². The number of rotatable bonds is 5. The summed E-state index contributed by atoms with van der Waals surface area (Å²) in [6.07, 6.45) is 1.51. The molecule has 1 amide bonds. The summed E-state index contributed by atoms with van der Waals surface area (Å²) in [4.78, 5) is 17.2. The number of fused-ring (bicyclic) bond motifs is 1. The Labute approximate surface area is 155 Å². The molecule has 0 aliphatic heterocycles. The molecule has 1 N–H and O–H groups in total. The molecule has 136 valence electrons. The standard InChI is InChI=1S/C19H19N7O/c1-13(2)26-17-6-4-3-5-16(17)22-18(26)11-20-19(27)14-7-9-15(10-8-14)25-12-21-23-24-25/h3-10,12-13H,11H2,1-2H3,(H,20,27). The first-order valence-corrected chi connectivity index (χ1v) is 8.71. The van der Waals surface area contributed by atoms with E-state index in [2.05, 4.69) is 44.2 Å². The number of hydrogen-bond acceptors (Lipinski definition) is 5. The lowest BCUT2D eigenvalue weighted by atomic mass is 10.2. The van der Waals surface area contributed by atoms with Gasteiger partial charge >= 0.3 is 0 Å². The van der Waals surface area contributed by atoms with Gasteiger partial charge in [-0.1, -0.05) is 12.1 Å². The number of amides is 1. The summed E-state index contributed by atoms with van der Waals surface area (Å²) in [5.74, 6) is 0.686.